The fourth-order valence-electron chi connectivity index (χ4n) is 2.18. The molecule has 1 aromatic heterocycles. The maximum absolute atomic E-state index is 4.74. The molecule has 0 saturated carbocycles. The van der Waals surface area contributed by atoms with Crippen molar-refractivity contribution in [3.63, 3.8) is 0 Å². The summed E-state index contributed by atoms with van der Waals surface area (Å²) in [6.07, 6.45) is 0. The van der Waals surface area contributed by atoms with Crippen molar-refractivity contribution in [2.45, 2.75) is 27.7 Å². The number of pyridine rings is 1. The van der Waals surface area contributed by atoms with Gasteiger partial charge in [0.1, 0.15) is 4.60 Å². The third-order valence-corrected chi connectivity index (χ3v) is 3.44. The molecule has 0 saturated heterocycles. The van der Waals surface area contributed by atoms with Crippen LogP contribution in [0.1, 0.15) is 29.3 Å². The lowest BCUT2D eigenvalue weighted by Gasteiger charge is -2.08. The molecule has 0 amide bonds. The summed E-state index contributed by atoms with van der Waals surface area (Å²) in [5.41, 5.74) is 6.54. The zero-order chi connectivity index (χ0) is 14.0. The number of halogens is 1. The highest BCUT2D eigenvalue weighted by atomic mass is 79.9. The lowest BCUT2D eigenvalue weighted by molar-refractivity contribution is 1.22. The molecule has 0 aliphatic heterocycles. The van der Waals surface area contributed by atoms with E-state index < -0.39 is 0 Å². The van der Waals surface area contributed by atoms with Gasteiger partial charge in [-0.3, -0.25) is 4.99 Å². The maximum Gasteiger partial charge on any atom is 0.106 e. The van der Waals surface area contributed by atoms with Gasteiger partial charge in [-0.25, -0.2) is 4.98 Å². The molecule has 0 unspecified atom stereocenters. The average molecular weight is 317 g/mol. The van der Waals surface area contributed by atoms with Gasteiger partial charge in [-0.2, -0.15) is 0 Å². The summed E-state index contributed by atoms with van der Waals surface area (Å²) in [4.78, 5) is 9.18. The first-order valence-electron chi connectivity index (χ1n) is 6.23. The zero-order valence-corrected chi connectivity index (χ0v) is 13.2. The molecule has 0 aliphatic carbocycles. The minimum Gasteiger partial charge on any atom is -0.251 e. The Bertz CT molecular complexity index is 622. The second kappa shape index (κ2) is 5.66. The number of rotatable bonds is 2. The van der Waals surface area contributed by atoms with Crippen molar-refractivity contribution in [2.75, 3.05) is 0 Å². The summed E-state index contributed by atoms with van der Waals surface area (Å²) < 4.78 is 0.830. The van der Waals surface area contributed by atoms with E-state index in [4.69, 9.17) is 4.99 Å². The number of nitrogens with zero attached hydrogens (tertiary/aromatic N) is 2. The Balaban J connectivity index is 2.47. The summed E-state index contributed by atoms with van der Waals surface area (Å²) in [5, 5.41) is 0. The SMILES string of the molecule is C/C(=N\c1c(C)cc(C)cc1C)c1cccc(Br)n1. The van der Waals surface area contributed by atoms with Crippen LogP contribution in [0.4, 0.5) is 5.69 Å². The fraction of sp³-hybridized carbons (Fsp3) is 0.250. The number of benzene rings is 1. The van der Waals surface area contributed by atoms with Crippen LogP contribution in [0.5, 0.6) is 0 Å². The first-order valence-corrected chi connectivity index (χ1v) is 7.03. The molecule has 2 nitrogen and oxygen atoms in total. The second-order valence-electron chi connectivity index (χ2n) is 4.79. The summed E-state index contributed by atoms with van der Waals surface area (Å²) in [6.45, 7) is 8.30. The lowest BCUT2D eigenvalue weighted by Crippen LogP contribution is -1.98. The van der Waals surface area contributed by atoms with Crippen LogP contribution in [-0.4, -0.2) is 10.7 Å². The predicted molar refractivity (Wildman–Crippen MR) is 84.5 cm³/mol. The van der Waals surface area contributed by atoms with E-state index in [1.165, 1.54) is 16.7 Å². The highest BCUT2D eigenvalue weighted by molar-refractivity contribution is 9.10. The van der Waals surface area contributed by atoms with E-state index in [0.717, 1.165) is 21.7 Å². The lowest BCUT2D eigenvalue weighted by atomic mass is 10.1. The predicted octanol–water partition coefficient (Wildman–Crippen LogP) is 4.91. The van der Waals surface area contributed by atoms with Crippen molar-refractivity contribution in [1.82, 2.24) is 4.98 Å². The molecule has 0 spiro atoms. The summed E-state index contributed by atoms with van der Waals surface area (Å²) in [6, 6.07) is 10.2. The van der Waals surface area contributed by atoms with Crippen LogP contribution in [0, 0.1) is 20.8 Å². The number of hydrogen-bond donors (Lipinski definition) is 0. The van der Waals surface area contributed by atoms with Crippen molar-refractivity contribution in [3.8, 4) is 0 Å². The standard InChI is InChI=1S/C16H17BrN2/c1-10-8-11(2)16(12(3)9-10)18-13(4)14-6-5-7-15(17)19-14/h5-9H,1-4H3/b18-13+. The van der Waals surface area contributed by atoms with Gasteiger partial charge >= 0.3 is 0 Å². The minimum absolute atomic E-state index is 0.830. The van der Waals surface area contributed by atoms with Gasteiger partial charge < -0.3 is 0 Å². The van der Waals surface area contributed by atoms with Crippen LogP contribution in [0.3, 0.4) is 0 Å². The minimum atomic E-state index is 0.830. The Labute approximate surface area is 122 Å². The molecule has 1 heterocycles. The molecule has 19 heavy (non-hydrogen) atoms. The smallest absolute Gasteiger partial charge is 0.106 e. The van der Waals surface area contributed by atoms with Gasteiger partial charge in [0.25, 0.3) is 0 Å². The van der Waals surface area contributed by atoms with Crippen LogP contribution < -0.4 is 0 Å². The average Bonchev–Trinajstić information content (AvgIpc) is 2.33. The van der Waals surface area contributed by atoms with E-state index in [2.05, 4.69) is 53.8 Å². The number of aryl methyl sites for hydroxylation is 3. The van der Waals surface area contributed by atoms with Crippen LogP contribution in [0.25, 0.3) is 0 Å². The second-order valence-corrected chi connectivity index (χ2v) is 5.60. The van der Waals surface area contributed by atoms with E-state index in [1.54, 1.807) is 0 Å². The maximum atomic E-state index is 4.74. The molecule has 1 aromatic carbocycles. The van der Waals surface area contributed by atoms with E-state index in [-0.39, 0.29) is 0 Å². The van der Waals surface area contributed by atoms with Crippen molar-refractivity contribution < 1.29 is 0 Å². The highest BCUT2D eigenvalue weighted by Gasteiger charge is 2.05. The van der Waals surface area contributed by atoms with E-state index in [1.807, 2.05) is 25.1 Å². The molecule has 0 aliphatic rings. The normalized spacial score (nSPS) is 11.7. The quantitative estimate of drug-likeness (QED) is 0.571. The van der Waals surface area contributed by atoms with E-state index >= 15 is 0 Å². The van der Waals surface area contributed by atoms with Crippen LogP contribution in [-0.2, 0) is 0 Å². The number of aliphatic imine (C=N–C) groups is 1. The summed E-state index contributed by atoms with van der Waals surface area (Å²) in [5.74, 6) is 0. The van der Waals surface area contributed by atoms with Gasteiger partial charge in [-0.05, 0) is 66.9 Å². The van der Waals surface area contributed by atoms with E-state index in [0.29, 0.717) is 0 Å². The van der Waals surface area contributed by atoms with E-state index in [9.17, 15) is 0 Å². The summed E-state index contributed by atoms with van der Waals surface area (Å²) in [7, 11) is 0. The highest BCUT2D eigenvalue weighted by Crippen LogP contribution is 2.25. The Morgan fingerprint density at radius 3 is 2.32 bits per heavy atom. The van der Waals surface area contributed by atoms with Crippen LogP contribution >= 0.6 is 15.9 Å². The number of hydrogen-bond acceptors (Lipinski definition) is 2. The topological polar surface area (TPSA) is 25.2 Å². The third kappa shape index (κ3) is 3.29. The monoisotopic (exact) mass is 316 g/mol. The molecule has 0 atom stereocenters. The Morgan fingerprint density at radius 2 is 1.74 bits per heavy atom. The molecular weight excluding hydrogens is 300 g/mol. The molecule has 0 bridgehead atoms. The van der Waals surface area contributed by atoms with Gasteiger partial charge in [-0.1, -0.05) is 23.8 Å². The first kappa shape index (κ1) is 13.9. The van der Waals surface area contributed by atoms with Crippen molar-refractivity contribution in [3.05, 3.63) is 57.3 Å². The van der Waals surface area contributed by atoms with Crippen molar-refractivity contribution >= 4 is 27.3 Å². The largest absolute Gasteiger partial charge is 0.251 e. The Hall–Kier alpha value is -1.48. The van der Waals surface area contributed by atoms with Gasteiger partial charge in [0, 0.05) is 0 Å². The van der Waals surface area contributed by atoms with Gasteiger partial charge in [-0.15, -0.1) is 0 Å². The molecule has 3 heteroatoms. The Morgan fingerprint density at radius 1 is 1.11 bits per heavy atom. The fourth-order valence-corrected chi connectivity index (χ4v) is 2.53. The van der Waals surface area contributed by atoms with Crippen molar-refractivity contribution in [1.29, 1.82) is 0 Å². The number of aromatic nitrogens is 1. The molecule has 98 valence electrons. The third-order valence-electron chi connectivity index (χ3n) is 3.00. The van der Waals surface area contributed by atoms with Gasteiger partial charge in [0.15, 0.2) is 0 Å². The molecule has 2 aromatic rings. The zero-order valence-electron chi connectivity index (χ0n) is 11.7. The summed E-state index contributed by atoms with van der Waals surface area (Å²) >= 11 is 3.39. The van der Waals surface area contributed by atoms with Gasteiger partial charge in [0.05, 0.1) is 17.1 Å². The van der Waals surface area contributed by atoms with Crippen LogP contribution in [0.15, 0.2) is 39.9 Å². The molecular formula is C16H17BrN2. The molecule has 2 rings (SSSR count). The molecule has 0 N–H and O–H groups in total. The first-order chi connectivity index (χ1) is 8.97. The van der Waals surface area contributed by atoms with Crippen molar-refractivity contribution in [2.24, 2.45) is 4.99 Å². The Kier molecular flexibility index (Phi) is 4.15. The van der Waals surface area contributed by atoms with Crippen LogP contribution in [0.2, 0.25) is 0 Å². The van der Waals surface area contributed by atoms with Gasteiger partial charge in [0.2, 0.25) is 0 Å². The molecule has 0 radical (unpaired) electrons. The molecule has 0 fully saturated rings.